The van der Waals surface area contributed by atoms with E-state index < -0.39 is 0 Å². The van der Waals surface area contributed by atoms with Crippen LogP contribution in [-0.2, 0) is 11.3 Å². The second kappa shape index (κ2) is 8.73. The van der Waals surface area contributed by atoms with Crippen molar-refractivity contribution >= 4 is 28.4 Å². The molecule has 146 valence electrons. The molecular weight excluding hydrogens is 376 g/mol. The summed E-state index contributed by atoms with van der Waals surface area (Å²) < 4.78 is 7.22. The number of aromatic nitrogens is 2. The average Bonchev–Trinajstić information content (AvgIpc) is 3.09. The molecule has 2 aromatic carbocycles. The summed E-state index contributed by atoms with van der Waals surface area (Å²) in [7, 11) is 0. The van der Waals surface area contributed by atoms with Crippen molar-refractivity contribution in [2.45, 2.75) is 6.54 Å². The van der Waals surface area contributed by atoms with Crippen LogP contribution in [0.5, 0.6) is 0 Å². The number of amides is 1. The molecule has 1 amide bonds. The molecule has 0 atom stereocenters. The number of para-hydroxylation sites is 1. The smallest absolute Gasteiger partial charge is 0.272 e. The number of ether oxygens (including phenoxy) is 1. The fraction of sp³-hybridized carbons (Fsp3) is 0.333. The summed E-state index contributed by atoms with van der Waals surface area (Å²) in [6.45, 7) is 5.33. The Morgan fingerprint density at radius 2 is 1.86 bits per heavy atom. The van der Waals surface area contributed by atoms with Crippen LogP contribution in [0.15, 0.2) is 48.5 Å². The summed E-state index contributed by atoms with van der Waals surface area (Å²) in [5.74, 6) is -0.140. The van der Waals surface area contributed by atoms with Crippen LogP contribution in [-0.4, -0.2) is 60.0 Å². The lowest BCUT2D eigenvalue weighted by molar-refractivity contribution is 0.0383. The van der Waals surface area contributed by atoms with E-state index in [2.05, 4.69) is 15.3 Å². The van der Waals surface area contributed by atoms with Gasteiger partial charge in [0, 0.05) is 36.6 Å². The Morgan fingerprint density at radius 3 is 2.64 bits per heavy atom. The highest BCUT2D eigenvalue weighted by atomic mass is 35.5. The van der Waals surface area contributed by atoms with E-state index in [0.717, 1.165) is 49.3 Å². The molecule has 1 fully saturated rings. The number of fused-ring (bicyclic) bond motifs is 1. The number of rotatable bonds is 6. The number of nitrogens with one attached hydrogen (secondary N) is 1. The third-order valence-corrected chi connectivity index (χ3v) is 5.19. The minimum Gasteiger partial charge on any atom is -0.379 e. The Morgan fingerprint density at radius 1 is 1.11 bits per heavy atom. The van der Waals surface area contributed by atoms with Crippen LogP contribution in [0.25, 0.3) is 10.9 Å². The van der Waals surface area contributed by atoms with E-state index in [1.54, 1.807) is 0 Å². The maximum absolute atomic E-state index is 12.8. The number of carbonyl (C=O) groups excluding carboxylic acids is 1. The van der Waals surface area contributed by atoms with Gasteiger partial charge in [0.25, 0.3) is 5.91 Å². The normalized spacial score (nSPS) is 15.0. The van der Waals surface area contributed by atoms with Gasteiger partial charge in [0.1, 0.15) is 0 Å². The second-order valence-corrected chi connectivity index (χ2v) is 7.30. The van der Waals surface area contributed by atoms with Crippen molar-refractivity contribution in [3.8, 4) is 0 Å². The van der Waals surface area contributed by atoms with Crippen molar-refractivity contribution < 1.29 is 9.53 Å². The van der Waals surface area contributed by atoms with Gasteiger partial charge in [-0.3, -0.25) is 14.4 Å². The van der Waals surface area contributed by atoms with Gasteiger partial charge in [-0.1, -0.05) is 41.9 Å². The largest absolute Gasteiger partial charge is 0.379 e. The molecule has 1 aliphatic heterocycles. The van der Waals surface area contributed by atoms with Crippen LogP contribution in [0.1, 0.15) is 16.1 Å². The van der Waals surface area contributed by atoms with Crippen molar-refractivity contribution in [3.63, 3.8) is 0 Å². The zero-order valence-electron chi connectivity index (χ0n) is 15.6. The summed E-state index contributed by atoms with van der Waals surface area (Å²) in [6.07, 6.45) is 0. The first-order chi connectivity index (χ1) is 13.7. The predicted octanol–water partition coefficient (Wildman–Crippen LogP) is 2.80. The lowest BCUT2D eigenvalue weighted by Gasteiger charge is -2.26. The maximum atomic E-state index is 12.8. The third-order valence-electron chi connectivity index (χ3n) is 4.94. The molecule has 0 radical (unpaired) electrons. The lowest BCUT2D eigenvalue weighted by Crippen LogP contribution is -2.41. The lowest BCUT2D eigenvalue weighted by atomic mass is 10.2. The summed E-state index contributed by atoms with van der Waals surface area (Å²) in [6, 6.07) is 15.5. The van der Waals surface area contributed by atoms with E-state index in [1.807, 2.05) is 53.2 Å². The Bertz CT molecular complexity index is 949. The van der Waals surface area contributed by atoms with E-state index in [-0.39, 0.29) is 5.91 Å². The van der Waals surface area contributed by atoms with E-state index in [0.29, 0.717) is 23.8 Å². The first-order valence-corrected chi connectivity index (χ1v) is 9.87. The number of hydrogen-bond donors (Lipinski definition) is 1. The molecule has 0 bridgehead atoms. The molecule has 1 N–H and O–H groups in total. The van der Waals surface area contributed by atoms with E-state index >= 15 is 0 Å². The summed E-state index contributed by atoms with van der Waals surface area (Å²) in [5, 5.41) is 9.18. The van der Waals surface area contributed by atoms with Crippen molar-refractivity contribution in [3.05, 3.63) is 64.8 Å². The Kier molecular flexibility index (Phi) is 5.90. The van der Waals surface area contributed by atoms with Gasteiger partial charge in [0.15, 0.2) is 5.69 Å². The number of morpholine rings is 1. The van der Waals surface area contributed by atoms with Crippen molar-refractivity contribution in [1.29, 1.82) is 0 Å². The van der Waals surface area contributed by atoms with Gasteiger partial charge >= 0.3 is 0 Å². The first kappa shape index (κ1) is 18.9. The molecule has 1 aliphatic rings. The highest BCUT2D eigenvalue weighted by Crippen LogP contribution is 2.20. The third kappa shape index (κ3) is 4.35. The van der Waals surface area contributed by atoms with Gasteiger partial charge in [-0.05, 0) is 23.8 Å². The summed E-state index contributed by atoms with van der Waals surface area (Å²) in [4.78, 5) is 15.1. The number of benzene rings is 2. The second-order valence-electron chi connectivity index (χ2n) is 6.86. The highest BCUT2D eigenvalue weighted by Gasteiger charge is 2.17. The van der Waals surface area contributed by atoms with Crippen molar-refractivity contribution in [2.24, 2.45) is 0 Å². The number of carbonyl (C=O) groups is 1. The van der Waals surface area contributed by atoms with Gasteiger partial charge < -0.3 is 10.1 Å². The van der Waals surface area contributed by atoms with Crippen LogP contribution < -0.4 is 5.32 Å². The molecule has 6 nitrogen and oxygen atoms in total. The number of halogens is 1. The zero-order chi connectivity index (χ0) is 19.3. The van der Waals surface area contributed by atoms with Crippen LogP contribution in [0.2, 0.25) is 5.02 Å². The highest BCUT2D eigenvalue weighted by molar-refractivity contribution is 6.30. The number of nitrogens with zero attached hydrogens (tertiary/aromatic N) is 3. The minimum absolute atomic E-state index is 0.140. The van der Waals surface area contributed by atoms with Gasteiger partial charge in [-0.15, -0.1) is 0 Å². The topological polar surface area (TPSA) is 59.4 Å². The summed E-state index contributed by atoms with van der Waals surface area (Å²) >= 11 is 5.97. The maximum Gasteiger partial charge on any atom is 0.272 e. The molecule has 0 spiro atoms. The average molecular weight is 399 g/mol. The number of hydrogen-bond acceptors (Lipinski definition) is 4. The van der Waals surface area contributed by atoms with Gasteiger partial charge in [0.2, 0.25) is 0 Å². The van der Waals surface area contributed by atoms with Crippen LogP contribution >= 0.6 is 11.6 Å². The standard InChI is InChI=1S/C21H23ClN4O2/c22-17-7-5-16(6-8-17)15-26-19-4-2-1-3-18(19)20(24-26)21(27)23-9-10-25-11-13-28-14-12-25/h1-8H,9-15H2,(H,23,27). The fourth-order valence-corrected chi connectivity index (χ4v) is 3.54. The van der Waals surface area contributed by atoms with Crippen molar-refractivity contribution in [2.75, 3.05) is 39.4 Å². The van der Waals surface area contributed by atoms with E-state index in [1.165, 1.54) is 0 Å². The zero-order valence-corrected chi connectivity index (χ0v) is 16.4. The molecule has 0 unspecified atom stereocenters. The Hall–Kier alpha value is -2.41. The molecule has 3 aromatic rings. The quantitative estimate of drug-likeness (QED) is 0.693. The van der Waals surface area contributed by atoms with E-state index in [4.69, 9.17) is 16.3 Å². The molecule has 0 saturated carbocycles. The molecule has 2 heterocycles. The Labute approximate surface area is 169 Å². The fourth-order valence-electron chi connectivity index (χ4n) is 3.41. The SMILES string of the molecule is O=C(NCCN1CCOCC1)c1nn(Cc2ccc(Cl)cc2)c2ccccc12. The Balaban J connectivity index is 1.48. The molecule has 28 heavy (non-hydrogen) atoms. The van der Waals surface area contributed by atoms with Gasteiger partial charge in [0.05, 0.1) is 25.3 Å². The molecule has 4 rings (SSSR count). The first-order valence-electron chi connectivity index (χ1n) is 9.49. The molecular formula is C21H23ClN4O2. The summed E-state index contributed by atoms with van der Waals surface area (Å²) in [5.41, 5.74) is 2.49. The van der Waals surface area contributed by atoms with Crippen LogP contribution in [0.4, 0.5) is 0 Å². The minimum atomic E-state index is -0.140. The molecule has 0 aliphatic carbocycles. The van der Waals surface area contributed by atoms with Gasteiger partial charge in [-0.2, -0.15) is 5.10 Å². The molecule has 1 aromatic heterocycles. The van der Waals surface area contributed by atoms with E-state index in [9.17, 15) is 4.79 Å². The monoisotopic (exact) mass is 398 g/mol. The van der Waals surface area contributed by atoms with Crippen LogP contribution in [0.3, 0.4) is 0 Å². The van der Waals surface area contributed by atoms with Gasteiger partial charge in [-0.25, -0.2) is 0 Å². The van der Waals surface area contributed by atoms with Crippen molar-refractivity contribution in [1.82, 2.24) is 20.0 Å². The molecule has 1 saturated heterocycles. The predicted molar refractivity (Wildman–Crippen MR) is 110 cm³/mol. The molecule has 7 heteroatoms. The van der Waals surface area contributed by atoms with Crippen LogP contribution in [0, 0.1) is 0 Å².